The van der Waals surface area contributed by atoms with Crippen LogP contribution < -0.4 is 11.3 Å². The van der Waals surface area contributed by atoms with Crippen LogP contribution >= 0.6 is 0 Å². The fraction of sp³-hybridized carbons (Fsp3) is 0.750. The number of nitrogens with zero attached hydrogens (tertiary/aromatic N) is 2. The molecule has 0 radical (unpaired) electrons. The number of unbranched alkanes of at least 4 members (excludes halogenated alkanes) is 7. The number of hydrogen-bond acceptors (Lipinski definition) is 4. The van der Waals surface area contributed by atoms with Crippen LogP contribution in [0.2, 0.25) is 0 Å². The lowest BCUT2D eigenvalue weighted by Gasteiger charge is -2.14. The van der Waals surface area contributed by atoms with Gasteiger partial charge in [-0.2, -0.15) is 0 Å². The predicted molar refractivity (Wildman–Crippen MR) is 84.1 cm³/mol. The van der Waals surface area contributed by atoms with Crippen molar-refractivity contribution in [2.75, 3.05) is 0 Å². The van der Waals surface area contributed by atoms with Gasteiger partial charge in [0, 0.05) is 6.20 Å². The molecule has 1 aromatic rings. The molecule has 0 aromatic carbocycles. The Kier molecular flexibility index (Phi) is 9.16. The van der Waals surface area contributed by atoms with Crippen LogP contribution in [0.1, 0.15) is 82.1 Å². The van der Waals surface area contributed by atoms with E-state index >= 15 is 0 Å². The Balaban J connectivity index is 2.14. The molecule has 0 amide bonds. The summed E-state index contributed by atoms with van der Waals surface area (Å²) in [6, 6.07) is 0.128. The highest BCUT2D eigenvalue weighted by Gasteiger charge is 2.10. The molecule has 0 bridgehead atoms. The van der Waals surface area contributed by atoms with Crippen molar-refractivity contribution in [3.05, 3.63) is 23.8 Å². The molecule has 0 aliphatic heterocycles. The summed E-state index contributed by atoms with van der Waals surface area (Å²) in [5.74, 6) is 5.62. The molecule has 1 unspecified atom stereocenters. The number of hydrazine groups is 1. The van der Waals surface area contributed by atoms with Crippen molar-refractivity contribution in [1.29, 1.82) is 0 Å². The quantitative estimate of drug-likeness (QED) is 0.367. The van der Waals surface area contributed by atoms with Gasteiger partial charge in [-0.05, 0) is 13.3 Å². The summed E-state index contributed by atoms with van der Waals surface area (Å²) >= 11 is 0. The molecule has 0 saturated heterocycles. The van der Waals surface area contributed by atoms with Crippen LogP contribution in [0.25, 0.3) is 0 Å². The first-order chi connectivity index (χ1) is 9.77. The Hall–Kier alpha value is -1.00. The number of nitrogens with one attached hydrogen (secondary N) is 1. The lowest BCUT2D eigenvalue weighted by molar-refractivity contribution is 0.465. The third-order valence-corrected chi connectivity index (χ3v) is 3.71. The van der Waals surface area contributed by atoms with Crippen LogP contribution in [-0.4, -0.2) is 9.97 Å². The van der Waals surface area contributed by atoms with Gasteiger partial charge in [0.25, 0.3) is 0 Å². The van der Waals surface area contributed by atoms with Crippen LogP contribution in [0.15, 0.2) is 12.4 Å². The zero-order chi connectivity index (χ0) is 14.6. The molecule has 0 spiro atoms. The second kappa shape index (κ2) is 10.7. The van der Waals surface area contributed by atoms with Crippen LogP contribution in [-0.2, 0) is 0 Å². The molecule has 0 saturated carbocycles. The number of aryl methyl sites for hydroxylation is 1. The minimum absolute atomic E-state index is 0.128. The minimum atomic E-state index is 0.128. The van der Waals surface area contributed by atoms with Gasteiger partial charge in [-0.3, -0.25) is 21.2 Å². The molecular formula is C16H30N4. The molecule has 114 valence electrons. The van der Waals surface area contributed by atoms with E-state index in [1.165, 1.54) is 51.4 Å². The minimum Gasteiger partial charge on any atom is -0.271 e. The van der Waals surface area contributed by atoms with Crippen LogP contribution in [0.5, 0.6) is 0 Å². The van der Waals surface area contributed by atoms with E-state index in [2.05, 4.69) is 22.3 Å². The SMILES string of the molecule is CCCCCCCCCCC(NN)c1cnc(C)cn1. The first kappa shape index (κ1) is 17.1. The summed E-state index contributed by atoms with van der Waals surface area (Å²) in [4.78, 5) is 8.67. The number of nitrogens with two attached hydrogens (primary N) is 1. The van der Waals surface area contributed by atoms with Gasteiger partial charge in [0.2, 0.25) is 0 Å². The Morgan fingerprint density at radius 2 is 1.65 bits per heavy atom. The van der Waals surface area contributed by atoms with Crippen LogP contribution in [0.4, 0.5) is 0 Å². The Bertz CT molecular complexity index is 337. The number of aromatic nitrogens is 2. The smallest absolute Gasteiger partial charge is 0.0769 e. The highest BCUT2D eigenvalue weighted by Crippen LogP contribution is 2.17. The highest BCUT2D eigenvalue weighted by molar-refractivity contribution is 5.05. The van der Waals surface area contributed by atoms with Crippen molar-refractivity contribution in [2.45, 2.75) is 77.7 Å². The summed E-state index contributed by atoms with van der Waals surface area (Å²) in [6.07, 6.45) is 15.3. The Morgan fingerprint density at radius 1 is 1.00 bits per heavy atom. The average Bonchev–Trinajstić information content (AvgIpc) is 2.47. The topological polar surface area (TPSA) is 63.8 Å². The van der Waals surface area contributed by atoms with Crippen molar-refractivity contribution in [3.63, 3.8) is 0 Å². The molecule has 4 nitrogen and oxygen atoms in total. The van der Waals surface area contributed by atoms with Gasteiger partial charge in [0.1, 0.15) is 0 Å². The largest absolute Gasteiger partial charge is 0.271 e. The monoisotopic (exact) mass is 278 g/mol. The Morgan fingerprint density at radius 3 is 2.20 bits per heavy atom. The summed E-state index contributed by atoms with van der Waals surface area (Å²) < 4.78 is 0. The molecule has 20 heavy (non-hydrogen) atoms. The van der Waals surface area contributed by atoms with Crippen molar-refractivity contribution >= 4 is 0 Å². The Labute approximate surface area is 123 Å². The molecule has 0 fully saturated rings. The second-order valence-electron chi connectivity index (χ2n) is 5.57. The molecule has 4 heteroatoms. The van der Waals surface area contributed by atoms with Gasteiger partial charge in [0.05, 0.1) is 23.6 Å². The van der Waals surface area contributed by atoms with Crippen molar-refractivity contribution in [3.8, 4) is 0 Å². The molecule has 0 aliphatic carbocycles. The van der Waals surface area contributed by atoms with Crippen molar-refractivity contribution in [1.82, 2.24) is 15.4 Å². The first-order valence-corrected chi connectivity index (χ1v) is 8.02. The van der Waals surface area contributed by atoms with Gasteiger partial charge in [-0.15, -0.1) is 0 Å². The van der Waals surface area contributed by atoms with E-state index in [0.29, 0.717) is 0 Å². The number of rotatable bonds is 11. The summed E-state index contributed by atoms with van der Waals surface area (Å²) in [7, 11) is 0. The zero-order valence-electron chi connectivity index (χ0n) is 13.1. The summed E-state index contributed by atoms with van der Waals surface area (Å²) in [5.41, 5.74) is 4.74. The number of hydrogen-bond donors (Lipinski definition) is 2. The van der Waals surface area contributed by atoms with Gasteiger partial charge < -0.3 is 0 Å². The maximum atomic E-state index is 5.62. The lowest BCUT2D eigenvalue weighted by atomic mass is 10.0. The van der Waals surface area contributed by atoms with E-state index in [0.717, 1.165) is 17.8 Å². The van der Waals surface area contributed by atoms with Gasteiger partial charge in [-0.1, -0.05) is 58.3 Å². The van der Waals surface area contributed by atoms with E-state index in [9.17, 15) is 0 Å². The first-order valence-electron chi connectivity index (χ1n) is 8.02. The molecule has 1 heterocycles. The maximum Gasteiger partial charge on any atom is 0.0769 e. The van der Waals surface area contributed by atoms with Crippen LogP contribution in [0.3, 0.4) is 0 Å². The second-order valence-corrected chi connectivity index (χ2v) is 5.57. The van der Waals surface area contributed by atoms with Crippen LogP contribution in [0, 0.1) is 6.92 Å². The van der Waals surface area contributed by atoms with Gasteiger partial charge >= 0.3 is 0 Å². The zero-order valence-corrected chi connectivity index (χ0v) is 13.1. The summed E-state index contributed by atoms with van der Waals surface area (Å²) in [6.45, 7) is 4.20. The molecule has 3 N–H and O–H groups in total. The van der Waals surface area contributed by atoms with Crippen molar-refractivity contribution in [2.24, 2.45) is 5.84 Å². The third kappa shape index (κ3) is 6.96. The molecule has 1 rings (SSSR count). The van der Waals surface area contributed by atoms with E-state index in [-0.39, 0.29) is 6.04 Å². The van der Waals surface area contributed by atoms with E-state index in [1.807, 2.05) is 13.1 Å². The standard InChI is InChI=1S/C16H30N4/c1-3-4-5-6-7-8-9-10-11-15(20-17)16-13-18-14(2)12-19-16/h12-13,15,20H,3-11,17H2,1-2H3. The predicted octanol–water partition coefficient (Wildman–Crippen LogP) is 3.82. The normalized spacial score (nSPS) is 12.6. The van der Waals surface area contributed by atoms with Gasteiger partial charge in [-0.25, -0.2) is 0 Å². The third-order valence-electron chi connectivity index (χ3n) is 3.71. The highest BCUT2D eigenvalue weighted by atomic mass is 15.2. The van der Waals surface area contributed by atoms with Gasteiger partial charge in [0.15, 0.2) is 0 Å². The van der Waals surface area contributed by atoms with E-state index < -0.39 is 0 Å². The lowest BCUT2D eigenvalue weighted by Crippen LogP contribution is -2.28. The fourth-order valence-electron chi connectivity index (χ4n) is 2.38. The molecule has 1 atom stereocenters. The fourth-order valence-corrected chi connectivity index (χ4v) is 2.38. The molecule has 0 aliphatic rings. The average molecular weight is 278 g/mol. The summed E-state index contributed by atoms with van der Waals surface area (Å²) in [5, 5.41) is 0. The molecule has 1 aromatic heterocycles. The van der Waals surface area contributed by atoms with E-state index in [1.54, 1.807) is 6.20 Å². The van der Waals surface area contributed by atoms with Crippen molar-refractivity contribution < 1.29 is 0 Å². The van der Waals surface area contributed by atoms with E-state index in [4.69, 9.17) is 5.84 Å². The maximum absolute atomic E-state index is 5.62. The molecular weight excluding hydrogens is 248 g/mol.